The third-order valence-corrected chi connectivity index (χ3v) is 2.60. The summed E-state index contributed by atoms with van der Waals surface area (Å²) in [4.78, 5) is 2.49. The van der Waals surface area contributed by atoms with Gasteiger partial charge in [0, 0.05) is 25.8 Å². The SMILES string of the molecule is CCOCCCN1CCC(N)CC1. The van der Waals surface area contributed by atoms with Gasteiger partial charge in [0.1, 0.15) is 0 Å². The Balaban J connectivity index is 1.96. The molecule has 2 N–H and O–H groups in total. The highest BCUT2D eigenvalue weighted by Gasteiger charge is 2.14. The molecule has 0 atom stereocenters. The van der Waals surface area contributed by atoms with Crippen LogP contribution in [0, 0.1) is 0 Å². The third-order valence-electron chi connectivity index (χ3n) is 2.60. The lowest BCUT2D eigenvalue weighted by atomic mass is 10.1. The van der Waals surface area contributed by atoms with Gasteiger partial charge in [-0.3, -0.25) is 0 Å². The molecule has 13 heavy (non-hydrogen) atoms. The summed E-state index contributed by atoms with van der Waals surface area (Å²) < 4.78 is 5.29. The van der Waals surface area contributed by atoms with Gasteiger partial charge in [-0.2, -0.15) is 0 Å². The van der Waals surface area contributed by atoms with Gasteiger partial charge in [-0.1, -0.05) is 0 Å². The van der Waals surface area contributed by atoms with Crippen molar-refractivity contribution < 1.29 is 4.74 Å². The number of nitrogens with two attached hydrogens (primary N) is 1. The van der Waals surface area contributed by atoms with E-state index in [-0.39, 0.29) is 0 Å². The Bertz CT molecular complexity index is 122. The van der Waals surface area contributed by atoms with Crippen molar-refractivity contribution in [2.45, 2.75) is 32.2 Å². The fourth-order valence-corrected chi connectivity index (χ4v) is 1.71. The number of rotatable bonds is 5. The predicted molar refractivity (Wildman–Crippen MR) is 54.8 cm³/mol. The first-order valence-electron chi connectivity index (χ1n) is 5.38. The van der Waals surface area contributed by atoms with Crippen molar-refractivity contribution in [2.75, 3.05) is 32.8 Å². The lowest BCUT2D eigenvalue weighted by Crippen LogP contribution is -2.40. The van der Waals surface area contributed by atoms with Crippen LogP contribution in [0.4, 0.5) is 0 Å². The molecule has 0 bridgehead atoms. The lowest BCUT2D eigenvalue weighted by Gasteiger charge is -2.29. The van der Waals surface area contributed by atoms with Crippen LogP contribution in [0.2, 0.25) is 0 Å². The van der Waals surface area contributed by atoms with Gasteiger partial charge in [0.25, 0.3) is 0 Å². The molecule has 0 saturated carbocycles. The van der Waals surface area contributed by atoms with E-state index in [9.17, 15) is 0 Å². The maximum atomic E-state index is 5.82. The molecule has 1 heterocycles. The van der Waals surface area contributed by atoms with Crippen molar-refractivity contribution >= 4 is 0 Å². The zero-order valence-electron chi connectivity index (χ0n) is 8.67. The molecule has 1 aliphatic heterocycles. The number of hydrogen-bond acceptors (Lipinski definition) is 3. The fraction of sp³-hybridized carbons (Fsp3) is 1.00. The zero-order chi connectivity index (χ0) is 9.52. The van der Waals surface area contributed by atoms with Crippen LogP contribution in [0.25, 0.3) is 0 Å². The Morgan fingerprint density at radius 3 is 2.69 bits per heavy atom. The summed E-state index contributed by atoms with van der Waals surface area (Å²) in [5, 5.41) is 0. The topological polar surface area (TPSA) is 38.5 Å². The molecule has 3 heteroatoms. The monoisotopic (exact) mass is 186 g/mol. The highest BCUT2D eigenvalue weighted by Crippen LogP contribution is 2.08. The molecule has 3 nitrogen and oxygen atoms in total. The van der Waals surface area contributed by atoms with Crippen LogP contribution in [-0.2, 0) is 4.74 Å². The van der Waals surface area contributed by atoms with Crippen molar-refractivity contribution in [3.63, 3.8) is 0 Å². The summed E-state index contributed by atoms with van der Waals surface area (Å²) >= 11 is 0. The summed E-state index contributed by atoms with van der Waals surface area (Å²) in [6, 6.07) is 0.447. The summed E-state index contributed by atoms with van der Waals surface area (Å²) in [6.45, 7) is 7.30. The van der Waals surface area contributed by atoms with E-state index >= 15 is 0 Å². The first-order chi connectivity index (χ1) is 6.33. The summed E-state index contributed by atoms with van der Waals surface area (Å²) in [5.41, 5.74) is 5.82. The average molecular weight is 186 g/mol. The van der Waals surface area contributed by atoms with Crippen molar-refractivity contribution in [1.82, 2.24) is 4.90 Å². The smallest absolute Gasteiger partial charge is 0.0478 e. The van der Waals surface area contributed by atoms with Gasteiger partial charge in [-0.05, 0) is 39.3 Å². The average Bonchev–Trinajstić information content (AvgIpc) is 2.15. The molecule has 1 rings (SSSR count). The molecule has 0 aromatic rings. The van der Waals surface area contributed by atoms with Gasteiger partial charge in [-0.25, -0.2) is 0 Å². The number of piperidine rings is 1. The molecule has 78 valence electrons. The summed E-state index contributed by atoms with van der Waals surface area (Å²) in [5.74, 6) is 0. The highest BCUT2D eigenvalue weighted by molar-refractivity contribution is 4.73. The minimum Gasteiger partial charge on any atom is -0.382 e. The molecule has 0 amide bonds. The van der Waals surface area contributed by atoms with Crippen LogP contribution in [0.15, 0.2) is 0 Å². The minimum atomic E-state index is 0.447. The van der Waals surface area contributed by atoms with Gasteiger partial charge in [0.2, 0.25) is 0 Å². The van der Waals surface area contributed by atoms with Crippen molar-refractivity contribution in [3.05, 3.63) is 0 Å². The van der Waals surface area contributed by atoms with E-state index in [1.165, 1.54) is 19.6 Å². The largest absolute Gasteiger partial charge is 0.382 e. The van der Waals surface area contributed by atoms with Gasteiger partial charge in [0.05, 0.1) is 0 Å². The summed E-state index contributed by atoms with van der Waals surface area (Å²) in [7, 11) is 0. The first kappa shape index (κ1) is 11.0. The Morgan fingerprint density at radius 2 is 2.08 bits per heavy atom. The zero-order valence-corrected chi connectivity index (χ0v) is 8.67. The van der Waals surface area contributed by atoms with E-state index in [0.717, 1.165) is 32.5 Å². The molecule has 0 aromatic heterocycles. The predicted octanol–water partition coefficient (Wildman–Crippen LogP) is 0.836. The van der Waals surface area contributed by atoms with E-state index in [1.54, 1.807) is 0 Å². The molecule has 1 saturated heterocycles. The van der Waals surface area contributed by atoms with Crippen LogP contribution in [0.3, 0.4) is 0 Å². The lowest BCUT2D eigenvalue weighted by molar-refractivity contribution is 0.125. The molecule has 1 fully saturated rings. The Kier molecular flexibility index (Phi) is 5.35. The highest BCUT2D eigenvalue weighted by atomic mass is 16.5. The van der Waals surface area contributed by atoms with Crippen LogP contribution in [-0.4, -0.2) is 43.8 Å². The Labute approximate surface area is 81.2 Å². The molecule has 1 aliphatic rings. The van der Waals surface area contributed by atoms with Gasteiger partial charge >= 0.3 is 0 Å². The molecule has 0 unspecified atom stereocenters. The van der Waals surface area contributed by atoms with Crippen molar-refractivity contribution in [1.29, 1.82) is 0 Å². The van der Waals surface area contributed by atoms with Crippen LogP contribution < -0.4 is 5.73 Å². The Morgan fingerprint density at radius 1 is 1.38 bits per heavy atom. The molecule has 0 aromatic carbocycles. The minimum absolute atomic E-state index is 0.447. The molecular weight excluding hydrogens is 164 g/mol. The van der Waals surface area contributed by atoms with Gasteiger partial charge < -0.3 is 15.4 Å². The van der Waals surface area contributed by atoms with E-state index < -0.39 is 0 Å². The second-order valence-corrected chi connectivity index (χ2v) is 3.73. The molecular formula is C10H22N2O. The Hall–Kier alpha value is -0.120. The molecule has 0 spiro atoms. The van der Waals surface area contributed by atoms with E-state index in [4.69, 9.17) is 10.5 Å². The number of hydrogen-bond donors (Lipinski definition) is 1. The van der Waals surface area contributed by atoms with Gasteiger partial charge in [0.15, 0.2) is 0 Å². The van der Waals surface area contributed by atoms with Crippen molar-refractivity contribution in [3.8, 4) is 0 Å². The second kappa shape index (κ2) is 6.35. The summed E-state index contributed by atoms with van der Waals surface area (Å²) in [6.07, 6.45) is 3.48. The van der Waals surface area contributed by atoms with E-state index in [0.29, 0.717) is 6.04 Å². The van der Waals surface area contributed by atoms with Crippen LogP contribution in [0.5, 0.6) is 0 Å². The molecule has 0 radical (unpaired) electrons. The normalized spacial score (nSPS) is 20.8. The maximum absolute atomic E-state index is 5.82. The second-order valence-electron chi connectivity index (χ2n) is 3.73. The van der Waals surface area contributed by atoms with E-state index in [1.807, 2.05) is 6.92 Å². The number of ether oxygens (including phenoxy) is 1. The number of nitrogens with zero attached hydrogens (tertiary/aromatic N) is 1. The first-order valence-corrected chi connectivity index (χ1v) is 5.38. The fourth-order valence-electron chi connectivity index (χ4n) is 1.71. The van der Waals surface area contributed by atoms with Crippen LogP contribution >= 0.6 is 0 Å². The van der Waals surface area contributed by atoms with E-state index in [2.05, 4.69) is 4.90 Å². The van der Waals surface area contributed by atoms with Gasteiger partial charge in [-0.15, -0.1) is 0 Å². The van der Waals surface area contributed by atoms with Crippen LogP contribution in [0.1, 0.15) is 26.2 Å². The quantitative estimate of drug-likeness (QED) is 0.647. The van der Waals surface area contributed by atoms with Crippen molar-refractivity contribution in [2.24, 2.45) is 5.73 Å². The standard InChI is InChI=1S/C10H22N2O/c1-2-13-9-3-6-12-7-4-10(11)5-8-12/h10H,2-9,11H2,1H3. The third kappa shape index (κ3) is 4.60. The molecule has 0 aliphatic carbocycles. The maximum Gasteiger partial charge on any atom is 0.0478 e. The number of likely N-dealkylation sites (tertiary alicyclic amines) is 1.